The van der Waals surface area contributed by atoms with Gasteiger partial charge in [0, 0.05) is 6.42 Å². The molecule has 0 amide bonds. The molecule has 0 bridgehead atoms. The lowest BCUT2D eigenvalue weighted by atomic mass is 10.0. The molecule has 0 aromatic heterocycles. The summed E-state index contributed by atoms with van der Waals surface area (Å²) in [5.41, 5.74) is 0.670. The predicted octanol–water partition coefficient (Wildman–Crippen LogP) is 3.73. The zero-order valence-electron chi connectivity index (χ0n) is 9.19. The van der Waals surface area contributed by atoms with E-state index in [1.807, 2.05) is 6.92 Å². The van der Waals surface area contributed by atoms with Crippen molar-refractivity contribution in [2.24, 2.45) is 0 Å². The summed E-state index contributed by atoms with van der Waals surface area (Å²) in [4.78, 5) is 0. The maximum atomic E-state index is 12.8. The van der Waals surface area contributed by atoms with Crippen LogP contribution in [0.15, 0.2) is 12.1 Å². The zero-order chi connectivity index (χ0) is 11.9. The molecule has 1 heterocycles. The van der Waals surface area contributed by atoms with Gasteiger partial charge in [0.1, 0.15) is 11.9 Å². The first kappa shape index (κ1) is 11.3. The minimum absolute atomic E-state index is 0.0324. The molecule has 0 aliphatic carbocycles. The summed E-state index contributed by atoms with van der Waals surface area (Å²) >= 11 is 0. The quantitative estimate of drug-likeness (QED) is 0.714. The van der Waals surface area contributed by atoms with Crippen molar-refractivity contribution in [3.05, 3.63) is 28.8 Å². The number of rotatable bonds is 1. The highest BCUT2D eigenvalue weighted by Crippen LogP contribution is 2.43. The molecular formula is C12H13F3O. The Hall–Kier alpha value is -1.19. The summed E-state index contributed by atoms with van der Waals surface area (Å²) in [6.45, 7) is 3.59. The first-order valence-corrected chi connectivity index (χ1v) is 5.29. The maximum Gasteiger partial charge on any atom is 0.419 e. The SMILES string of the molecule is CCC1Cc2cc(C)cc(C(F)(F)F)c2O1. The highest BCUT2D eigenvalue weighted by molar-refractivity contribution is 5.48. The van der Waals surface area contributed by atoms with E-state index in [-0.39, 0.29) is 11.9 Å². The fraction of sp³-hybridized carbons (Fsp3) is 0.500. The number of alkyl halides is 3. The zero-order valence-corrected chi connectivity index (χ0v) is 9.19. The lowest BCUT2D eigenvalue weighted by Crippen LogP contribution is -2.12. The van der Waals surface area contributed by atoms with Crippen molar-refractivity contribution < 1.29 is 17.9 Å². The van der Waals surface area contributed by atoms with Crippen molar-refractivity contribution in [3.8, 4) is 5.75 Å². The largest absolute Gasteiger partial charge is 0.489 e. The molecule has 1 aliphatic heterocycles. The number of ether oxygens (including phenoxy) is 1. The van der Waals surface area contributed by atoms with Gasteiger partial charge in [0.05, 0.1) is 5.56 Å². The predicted molar refractivity (Wildman–Crippen MR) is 54.6 cm³/mol. The Balaban J connectivity index is 2.49. The summed E-state index contributed by atoms with van der Waals surface area (Å²) in [6.07, 6.45) is -3.14. The summed E-state index contributed by atoms with van der Waals surface area (Å²) in [5, 5.41) is 0. The molecule has 0 spiro atoms. The van der Waals surface area contributed by atoms with Crippen LogP contribution in [0.5, 0.6) is 5.75 Å². The van der Waals surface area contributed by atoms with Gasteiger partial charge < -0.3 is 4.74 Å². The van der Waals surface area contributed by atoms with Crippen molar-refractivity contribution in [1.82, 2.24) is 0 Å². The van der Waals surface area contributed by atoms with E-state index in [1.165, 1.54) is 0 Å². The maximum absolute atomic E-state index is 12.8. The molecule has 0 radical (unpaired) electrons. The number of benzene rings is 1. The van der Waals surface area contributed by atoms with Crippen LogP contribution >= 0.6 is 0 Å². The van der Waals surface area contributed by atoms with E-state index in [0.29, 0.717) is 17.5 Å². The smallest absolute Gasteiger partial charge is 0.419 e. The third-order valence-corrected chi connectivity index (χ3v) is 2.80. The molecule has 0 fully saturated rings. The van der Waals surface area contributed by atoms with Crippen LogP contribution in [0.3, 0.4) is 0 Å². The van der Waals surface area contributed by atoms with Crippen LogP contribution in [0.25, 0.3) is 0 Å². The molecule has 1 aliphatic rings. The molecular weight excluding hydrogens is 217 g/mol. The van der Waals surface area contributed by atoms with Gasteiger partial charge in [-0.1, -0.05) is 13.0 Å². The van der Waals surface area contributed by atoms with Gasteiger partial charge >= 0.3 is 6.18 Å². The average molecular weight is 230 g/mol. The summed E-state index contributed by atoms with van der Waals surface area (Å²) < 4.78 is 43.7. The summed E-state index contributed by atoms with van der Waals surface area (Å²) in [5.74, 6) is 0.0324. The fourth-order valence-electron chi connectivity index (χ4n) is 2.03. The second kappa shape index (κ2) is 3.68. The normalized spacial score (nSPS) is 19.4. The first-order valence-electron chi connectivity index (χ1n) is 5.29. The van der Waals surface area contributed by atoms with E-state index in [4.69, 9.17) is 4.74 Å². The molecule has 0 saturated carbocycles. The van der Waals surface area contributed by atoms with Crippen LogP contribution in [-0.2, 0) is 12.6 Å². The third kappa shape index (κ3) is 1.88. The molecule has 2 rings (SSSR count). The molecule has 88 valence electrons. The van der Waals surface area contributed by atoms with Gasteiger partial charge in [0.2, 0.25) is 0 Å². The Labute approximate surface area is 92.2 Å². The van der Waals surface area contributed by atoms with E-state index in [1.54, 1.807) is 13.0 Å². The van der Waals surface area contributed by atoms with Crippen molar-refractivity contribution in [1.29, 1.82) is 0 Å². The van der Waals surface area contributed by atoms with Crippen molar-refractivity contribution in [2.45, 2.75) is 39.0 Å². The first-order chi connectivity index (χ1) is 7.41. The third-order valence-electron chi connectivity index (χ3n) is 2.80. The van der Waals surface area contributed by atoms with Gasteiger partial charge in [0.25, 0.3) is 0 Å². The highest BCUT2D eigenvalue weighted by atomic mass is 19.4. The van der Waals surface area contributed by atoms with Crippen LogP contribution < -0.4 is 4.74 Å². The van der Waals surface area contributed by atoms with E-state index >= 15 is 0 Å². The molecule has 1 nitrogen and oxygen atoms in total. The number of aryl methyl sites for hydroxylation is 1. The van der Waals surface area contributed by atoms with Gasteiger partial charge in [-0.25, -0.2) is 0 Å². The molecule has 0 N–H and O–H groups in total. The number of halogens is 3. The average Bonchev–Trinajstić information content (AvgIpc) is 2.57. The second-order valence-electron chi connectivity index (χ2n) is 4.15. The Kier molecular flexibility index (Phi) is 2.60. The standard InChI is InChI=1S/C12H13F3O/c1-3-9-6-8-4-7(2)5-10(11(8)16-9)12(13,14)15/h4-5,9H,3,6H2,1-2H3. The van der Waals surface area contributed by atoms with Crippen LogP contribution in [0.2, 0.25) is 0 Å². The van der Waals surface area contributed by atoms with Crippen LogP contribution in [0, 0.1) is 6.92 Å². The van der Waals surface area contributed by atoms with E-state index in [9.17, 15) is 13.2 Å². The van der Waals surface area contributed by atoms with Crippen LogP contribution in [-0.4, -0.2) is 6.10 Å². The van der Waals surface area contributed by atoms with E-state index in [0.717, 1.165) is 12.5 Å². The topological polar surface area (TPSA) is 9.23 Å². The van der Waals surface area contributed by atoms with Crippen molar-refractivity contribution >= 4 is 0 Å². The van der Waals surface area contributed by atoms with Gasteiger partial charge in [0.15, 0.2) is 0 Å². The lowest BCUT2D eigenvalue weighted by Gasteiger charge is -2.13. The molecule has 16 heavy (non-hydrogen) atoms. The van der Waals surface area contributed by atoms with Gasteiger partial charge in [-0.2, -0.15) is 13.2 Å². The minimum Gasteiger partial charge on any atom is -0.489 e. The number of fused-ring (bicyclic) bond motifs is 1. The molecule has 0 saturated heterocycles. The summed E-state index contributed by atoms with van der Waals surface area (Å²) in [6, 6.07) is 2.93. The number of hydrogen-bond donors (Lipinski definition) is 0. The Morgan fingerprint density at radius 2 is 2.06 bits per heavy atom. The Bertz CT molecular complexity index is 409. The van der Waals surface area contributed by atoms with Gasteiger partial charge in [-0.05, 0) is 30.5 Å². The highest BCUT2D eigenvalue weighted by Gasteiger charge is 2.38. The monoisotopic (exact) mass is 230 g/mol. The Morgan fingerprint density at radius 3 is 2.62 bits per heavy atom. The number of hydrogen-bond acceptors (Lipinski definition) is 1. The Morgan fingerprint density at radius 1 is 1.38 bits per heavy atom. The van der Waals surface area contributed by atoms with Crippen molar-refractivity contribution in [2.75, 3.05) is 0 Å². The molecule has 4 heteroatoms. The molecule has 1 atom stereocenters. The lowest BCUT2D eigenvalue weighted by molar-refractivity contribution is -0.139. The molecule has 1 aromatic rings. The molecule has 1 aromatic carbocycles. The van der Waals surface area contributed by atoms with Gasteiger partial charge in [-0.15, -0.1) is 0 Å². The fourth-order valence-corrected chi connectivity index (χ4v) is 2.03. The molecule has 1 unspecified atom stereocenters. The summed E-state index contributed by atoms with van der Waals surface area (Å²) in [7, 11) is 0. The minimum atomic E-state index is -4.33. The second-order valence-corrected chi connectivity index (χ2v) is 4.15. The van der Waals surface area contributed by atoms with E-state index in [2.05, 4.69) is 0 Å². The van der Waals surface area contributed by atoms with Crippen molar-refractivity contribution in [3.63, 3.8) is 0 Å². The van der Waals surface area contributed by atoms with Crippen LogP contribution in [0.1, 0.15) is 30.0 Å². The van der Waals surface area contributed by atoms with E-state index < -0.39 is 11.7 Å². The van der Waals surface area contributed by atoms with Crippen LogP contribution in [0.4, 0.5) is 13.2 Å². The van der Waals surface area contributed by atoms with Gasteiger partial charge in [-0.3, -0.25) is 0 Å².